The fourth-order valence-corrected chi connectivity index (χ4v) is 2.25. The van der Waals surface area contributed by atoms with Crippen LogP contribution in [-0.4, -0.2) is 17.4 Å². The summed E-state index contributed by atoms with van der Waals surface area (Å²) < 4.78 is 13.2. The van der Waals surface area contributed by atoms with Gasteiger partial charge in [-0.25, -0.2) is 4.39 Å². The first-order valence-electron chi connectivity index (χ1n) is 5.00. The molecule has 1 heterocycles. The van der Waals surface area contributed by atoms with Gasteiger partial charge in [0.2, 0.25) is 5.91 Å². The summed E-state index contributed by atoms with van der Waals surface area (Å²) >= 11 is 5.95. The topological polar surface area (TPSA) is 20.3 Å². The number of rotatable bonds is 1. The number of hydrogen-bond donors (Lipinski definition) is 0. The second-order valence-electron chi connectivity index (χ2n) is 3.74. The molecule has 0 aliphatic carbocycles. The smallest absolute Gasteiger partial charge is 0.246 e. The number of amides is 1. The summed E-state index contributed by atoms with van der Waals surface area (Å²) in [5, 5.41) is 0.445. The molecule has 0 fully saturated rings. The Hall–Kier alpha value is -1.35. The first-order valence-corrected chi connectivity index (χ1v) is 5.37. The number of carbonyl (C=O) groups is 1. The molecule has 0 atom stereocenters. The van der Waals surface area contributed by atoms with Crippen LogP contribution in [0.15, 0.2) is 24.8 Å². The van der Waals surface area contributed by atoms with Gasteiger partial charge in [-0.1, -0.05) is 18.2 Å². The molecule has 1 aliphatic rings. The maximum atomic E-state index is 13.2. The van der Waals surface area contributed by atoms with Crippen LogP contribution in [0, 0.1) is 5.82 Å². The highest BCUT2D eigenvalue weighted by atomic mass is 35.5. The molecule has 0 spiro atoms. The zero-order valence-electron chi connectivity index (χ0n) is 8.67. The Kier molecular flexibility index (Phi) is 2.97. The van der Waals surface area contributed by atoms with Crippen LogP contribution in [0.3, 0.4) is 0 Å². The van der Waals surface area contributed by atoms with Gasteiger partial charge >= 0.3 is 0 Å². The summed E-state index contributed by atoms with van der Waals surface area (Å²) in [5.41, 5.74) is 1.72. The first kappa shape index (κ1) is 11.1. The highest BCUT2D eigenvalue weighted by molar-refractivity contribution is 6.31. The average molecular weight is 240 g/mol. The molecule has 2 nitrogen and oxygen atoms in total. The molecule has 4 heteroatoms. The van der Waals surface area contributed by atoms with E-state index in [1.165, 1.54) is 18.2 Å². The summed E-state index contributed by atoms with van der Waals surface area (Å²) in [4.78, 5) is 13.1. The molecular formula is C12H11ClFNO. The quantitative estimate of drug-likeness (QED) is 0.690. The monoisotopic (exact) mass is 239 g/mol. The Bertz CT molecular complexity index is 459. The number of halogens is 2. The third kappa shape index (κ3) is 1.95. The molecule has 1 aliphatic heterocycles. The zero-order valence-corrected chi connectivity index (χ0v) is 9.43. The van der Waals surface area contributed by atoms with E-state index < -0.39 is 0 Å². The SMILES string of the molecule is C=CC(=O)N1CCc2c(Cl)cc(F)cc2C1. The van der Waals surface area contributed by atoms with Crippen molar-refractivity contribution in [3.05, 3.63) is 46.8 Å². The lowest BCUT2D eigenvalue weighted by atomic mass is 9.99. The van der Waals surface area contributed by atoms with Crippen molar-refractivity contribution in [2.24, 2.45) is 0 Å². The van der Waals surface area contributed by atoms with Crippen LogP contribution >= 0.6 is 11.6 Å². The Balaban J connectivity index is 2.33. The molecule has 0 radical (unpaired) electrons. The summed E-state index contributed by atoms with van der Waals surface area (Å²) in [6, 6.07) is 2.75. The van der Waals surface area contributed by atoms with Gasteiger partial charge in [-0.3, -0.25) is 4.79 Å². The highest BCUT2D eigenvalue weighted by Crippen LogP contribution is 2.27. The van der Waals surface area contributed by atoms with Crippen molar-refractivity contribution >= 4 is 17.5 Å². The molecule has 1 aromatic carbocycles. The Labute approximate surface area is 98.3 Å². The minimum absolute atomic E-state index is 0.133. The Morgan fingerprint density at radius 1 is 1.56 bits per heavy atom. The molecule has 0 unspecified atom stereocenters. The fourth-order valence-electron chi connectivity index (χ4n) is 1.93. The third-order valence-electron chi connectivity index (χ3n) is 2.73. The number of carbonyl (C=O) groups excluding carboxylic acids is 1. The van der Waals surface area contributed by atoms with Crippen molar-refractivity contribution < 1.29 is 9.18 Å². The summed E-state index contributed by atoms with van der Waals surface area (Å²) in [6.45, 7) is 4.44. The predicted molar refractivity (Wildman–Crippen MR) is 60.7 cm³/mol. The van der Waals surface area contributed by atoms with Gasteiger partial charge in [0.05, 0.1) is 0 Å². The van der Waals surface area contributed by atoms with E-state index in [0.717, 1.165) is 11.1 Å². The van der Waals surface area contributed by atoms with Crippen molar-refractivity contribution in [1.82, 2.24) is 4.90 Å². The van der Waals surface area contributed by atoms with E-state index in [1.54, 1.807) is 4.90 Å². The van der Waals surface area contributed by atoms with Crippen molar-refractivity contribution in [3.63, 3.8) is 0 Å². The van der Waals surface area contributed by atoms with E-state index in [2.05, 4.69) is 6.58 Å². The third-order valence-corrected chi connectivity index (χ3v) is 3.07. The van der Waals surface area contributed by atoms with Crippen molar-refractivity contribution in [2.75, 3.05) is 6.54 Å². The maximum absolute atomic E-state index is 13.2. The lowest BCUT2D eigenvalue weighted by Crippen LogP contribution is -2.34. The Morgan fingerprint density at radius 3 is 3.00 bits per heavy atom. The van der Waals surface area contributed by atoms with Gasteiger partial charge in [-0.05, 0) is 35.8 Å². The van der Waals surface area contributed by atoms with Crippen molar-refractivity contribution in [1.29, 1.82) is 0 Å². The number of hydrogen-bond acceptors (Lipinski definition) is 1. The van der Waals surface area contributed by atoms with Crippen LogP contribution in [0.5, 0.6) is 0 Å². The van der Waals surface area contributed by atoms with E-state index in [9.17, 15) is 9.18 Å². The van der Waals surface area contributed by atoms with Crippen molar-refractivity contribution in [3.8, 4) is 0 Å². The molecule has 84 valence electrons. The van der Waals surface area contributed by atoms with Crippen LogP contribution in [0.1, 0.15) is 11.1 Å². The number of benzene rings is 1. The van der Waals surface area contributed by atoms with Crippen LogP contribution in [0.25, 0.3) is 0 Å². The normalized spacial score (nSPS) is 14.5. The van der Waals surface area contributed by atoms with E-state index in [0.29, 0.717) is 24.5 Å². The molecule has 1 aromatic rings. The van der Waals surface area contributed by atoms with Crippen LogP contribution < -0.4 is 0 Å². The lowest BCUT2D eigenvalue weighted by Gasteiger charge is -2.28. The molecule has 0 saturated heterocycles. The van der Waals surface area contributed by atoms with E-state index in [-0.39, 0.29) is 11.7 Å². The standard InChI is InChI=1S/C12H11ClFNO/c1-2-12(16)15-4-3-10-8(7-15)5-9(14)6-11(10)13/h2,5-6H,1,3-4,7H2. The minimum atomic E-state index is -0.364. The number of nitrogens with zero attached hydrogens (tertiary/aromatic N) is 1. The summed E-state index contributed by atoms with van der Waals surface area (Å²) in [5.74, 6) is -0.498. The van der Waals surface area contributed by atoms with Gasteiger partial charge in [0.25, 0.3) is 0 Å². The van der Waals surface area contributed by atoms with Crippen LogP contribution in [0.2, 0.25) is 5.02 Å². The molecule has 0 saturated carbocycles. The maximum Gasteiger partial charge on any atom is 0.246 e. The highest BCUT2D eigenvalue weighted by Gasteiger charge is 2.21. The van der Waals surface area contributed by atoms with Crippen LogP contribution in [-0.2, 0) is 17.8 Å². The largest absolute Gasteiger partial charge is 0.335 e. The van der Waals surface area contributed by atoms with Gasteiger partial charge in [-0.2, -0.15) is 0 Å². The zero-order chi connectivity index (χ0) is 11.7. The van der Waals surface area contributed by atoms with Crippen molar-refractivity contribution in [2.45, 2.75) is 13.0 Å². The predicted octanol–water partition coefficient (Wildman–Crippen LogP) is 2.55. The van der Waals surface area contributed by atoms with E-state index in [1.807, 2.05) is 0 Å². The van der Waals surface area contributed by atoms with Gasteiger partial charge in [0.15, 0.2) is 0 Å². The van der Waals surface area contributed by atoms with Crippen LogP contribution in [0.4, 0.5) is 4.39 Å². The fraction of sp³-hybridized carbons (Fsp3) is 0.250. The molecule has 0 bridgehead atoms. The lowest BCUT2D eigenvalue weighted by molar-refractivity contribution is -0.126. The molecule has 0 N–H and O–H groups in total. The molecule has 2 rings (SSSR count). The minimum Gasteiger partial charge on any atom is -0.335 e. The van der Waals surface area contributed by atoms with Gasteiger partial charge in [0, 0.05) is 18.1 Å². The average Bonchev–Trinajstić information content (AvgIpc) is 2.27. The summed E-state index contributed by atoms with van der Waals surface area (Å²) in [6.07, 6.45) is 1.93. The summed E-state index contributed by atoms with van der Waals surface area (Å²) in [7, 11) is 0. The second kappa shape index (κ2) is 4.26. The molecule has 16 heavy (non-hydrogen) atoms. The van der Waals surface area contributed by atoms with Gasteiger partial charge in [0.1, 0.15) is 5.82 Å². The molecule has 0 aromatic heterocycles. The van der Waals surface area contributed by atoms with Gasteiger partial charge in [-0.15, -0.1) is 0 Å². The first-order chi connectivity index (χ1) is 7.61. The second-order valence-corrected chi connectivity index (χ2v) is 4.15. The van der Waals surface area contributed by atoms with E-state index >= 15 is 0 Å². The van der Waals surface area contributed by atoms with E-state index in [4.69, 9.17) is 11.6 Å². The molecule has 1 amide bonds. The number of fused-ring (bicyclic) bond motifs is 1. The molecular weight excluding hydrogens is 229 g/mol. The Morgan fingerprint density at radius 2 is 2.31 bits per heavy atom. The van der Waals surface area contributed by atoms with Gasteiger partial charge < -0.3 is 4.90 Å².